The molecule has 4 heteroatoms. The zero-order valence-electron chi connectivity index (χ0n) is 3.96. The fourth-order valence-electron chi connectivity index (χ4n) is 0.112. The summed E-state index contributed by atoms with van der Waals surface area (Å²) in [6, 6.07) is 0. The van der Waals surface area contributed by atoms with Crippen LogP contribution in [-0.4, -0.2) is 19.1 Å². The lowest BCUT2D eigenvalue weighted by Gasteiger charge is -1.84. The van der Waals surface area contributed by atoms with Gasteiger partial charge in [-0.3, -0.25) is 4.79 Å². The van der Waals surface area contributed by atoms with Gasteiger partial charge in [0.1, 0.15) is 0 Å². The molecule has 0 fully saturated rings. The number of aliphatic imine (C=N–C) groups is 1. The molecule has 4 nitrogen and oxygen atoms in total. The molecule has 0 aromatic carbocycles. The van der Waals surface area contributed by atoms with Crippen molar-refractivity contribution in [2.45, 2.75) is 0 Å². The van der Waals surface area contributed by atoms with Crippen LogP contribution in [0.4, 0.5) is 0 Å². The van der Waals surface area contributed by atoms with E-state index in [1.807, 2.05) is 0 Å². The van der Waals surface area contributed by atoms with E-state index in [2.05, 4.69) is 16.4 Å². The molecular formula is C4H3NO3. The minimum Gasteiger partial charge on any atom is -0.439 e. The van der Waals surface area contributed by atoms with Crippen molar-refractivity contribution in [3.8, 4) is 0 Å². The first-order chi connectivity index (χ1) is 3.81. The average molecular weight is 113 g/mol. The lowest BCUT2D eigenvalue weighted by molar-refractivity contribution is -0.116. The number of carbonyl (C=O) groups is 1. The summed E-state index contributed by atoms with van der Waals surface area (Å²) in [6.45, 7) is 4.50. The molecule has 0 N–H and O–H groups in total. The largest absolute Gasteiger partial charge is 0.439 e. The Morgan fingerprint density at radius 2 is 2.50 bits per heavy atom. The van der Waals surface area contributed by atoms with Crippen molar-refractivity contribution in [3.05, 3.63) is 6.61 Å². The van der Waals surface area contributed by atoms with Crippen LogP contribution in [0.2, 0.25) is 0 Å². The van der Waals surface area contributed by atoms with E-state index in [0.717, 1.165) is 6.47 Å². The first kappa shape index (κ1) is 6.81. The maximum Gasteiger partial charge on any atom is 0.418 e. The zero-order chi connectivity index (χ0) is 6.41. The van der Waals surface area contributed by atoms with Crippen LogP contribution < -0.4 is 0 Å². The van der Waals surface area contributed by atoms with E-state index in [0.29, 0.717) is 6.61 Å². The molecule has 0 saturated carbocycles. The number of nitrogens with zero attached hydrogens (tertiary/aromatic N) is 1. The van der Waals surface area contributed by atoms with Gasteiger partial charge in [-0.25, -0.2) is 9.79 Å². The van der Waals surface area contributed by atoms with Gasteiger partial charge < -0.3 is 4.74 Å². The number of hydrogen-bond donors (Lipinski definition) is 0. The molecule has 0 bridgehead atoms. The summed E-state index contributed by atoms with van der Waals surface area (Å²) in [6.07, 6.45) is 0. The topological polar surface area (TPSA) is 55.7 Å². The van der Waals surface area contributed by atoms with Gasteiger partial charge in [0.25, 0.3) is 5.91 Å². The molecule has 0 unspecified atom stereocenters. The van der Waals surface area contributed by atoms with Gasteiger partial charge in [0.15, 0.2) is 0 Å². The summed E-state index contributed by atoms with van der Waals surface area (Å²) >= 11 is 0. The highest BCUT2D eigenvalue weighted by molar-refractivity contribution is 5.87. The normalized spacial score (nSPS) is 7.50. The Balaban J connectivity index is 3.24. The fourth-order valence-corrected chi connectivity index (χ4v) is 0.112. The van der Waals surface area contributed by atoms with Crippen LogP contribution in [0.5, 0.6) is 0 Å². The van der Waals surface area contributed by atoms with Gasteiger partial charge >= 0.3 is 6.47 Å². The maximum absolute atomic E-state index is 9.98. The molecule has 0 heterocycles. The van der Waals surface area contributed by atoms with Gasteiger partial charge in [0.2, 0.25) is 6.61 Å². The van der Waals surface area contributed by atoms with Gasteiger partial charge in [0.05, 0.1) is 0 Å². The van der Waals surface area contributed by atoms with Crippen molar-refractivity contribution in [2.75, 3.05) is 0 Å². The smallest absolute Gasteiger partial charge is 0.418 e. The van der Waals surface area contributed by atoms with Crippen LogP contribution in [0, 0.1) is 6.61 Å². The maximum atomic E-state index is 9.98. The van der Waals surface area contributed by atoms with E-state index in [1.165, 1.54) is 0 Å². The zero-order valence-corrected chi connectivity index (χ0v) is 3.96. The third-order valence-corrected chi connectivity index (χ3v) is 0.364. The van der Waals surface area contributed by atoms with E-state index in [-0.39, 0.29) is 0 Å². The van der Waals surface area contributed by atoms with Crippen LogP contribution in [0.25, 0.3) is 0 Å². The van der Waals surface area contributed by atoms with Crippen molar-refractivity contribution in [2.24, 2.45) is 4.99 Å². The van der Waals surface area contributed by atoms with Crippen LogP contribution in [0.3, 0.4) is 0 Å². The van der Waals surface area contributed by atoms with Crippen LogP contribution in [0.15, 0.2) is 4.99 Å². The second-order valence-electron chi connectivity index (χ2n) is 0.815. The molecule has 2 radical (unpaired) electrons. The molecule has 0 aliphatic heterocycles. The quantitative estimate of drug-likeness (QED) is 0.462. The third kappa shape index (κ3) is 3.02. The van der Waals surface area contributed by atoms with E-state index < -0.39 is 5.91 Å². The van der Waals surface area contributed by atoms with E-state index >= 15 is 0 Å². The number of amides is 1. The van der Waals surface area contributed by atoms with Crippen molar-refractivity contribution < 1.29 is 14.3 Å². The third-order valence-electron chi connectivity index (χ3n) is 0.364. The summed E-state index contributed by atoms with van der Waals surface area (Å²) in [5.41, 5.74) is 0. The summed E-state index contributed by atoms with van der Waals surface area (Å²) in [5.74, 6) is -0.701. The first-order valence-electron chi connectivity index (χ1n) is 1.68. The van der Waals surface area contributed by atoms with Gasteiger partial charge in [-0.15, -0.1) is 0 Å². The molecule has 8 heavy (non-hydrogen) atoms. The molecule has 0 aliphatic carbocycles. The Labute approximate surface area is 46.2 Å². The molecule has 0 spiro atoms. The Hall–Kier alpha value is -1.19. The Morgan fingerprint density at radius 1 is 1.88 bits per heavy atom. The first-order valence-corrected chi connectivity index (χ1v) is 1.68. The van der Waals surface area contributed by atoms with Gasteiger partial charge in [-0.05, 0) is 6.72 Å². The predicted molar refractivity (Wildman–Crippen MR) is 25.6 cm³/mol. The van der Waals surface area contributed by atoms with Crippen LogP contribution in [0.1, 0.15) is 0 Å². The van der Waals surface area contributed by atoms with Crippen molar-refractivity contribution >= 4 is 19.1 Å². The monoisotopic (exact) mass is 113 g/mol. The molecule has 0 aromatic rings. The summed E-state index contributed by atoms with van der Waals surface area (Å²) < 4.78 is 3.77. The van der Waals surface area contributed by atoms with Crippen LogP contribution >= 0.6 is 0 Å². The number of carbonyl (C=O) groups excluding carboxylic acids is 2. The van der Waals surface area contributed by atoms with E-state index in [1.54, 1.807) is 0 Å². The molecule has 0 aromatic heterocycles. The minimum atomic E-state index is -0.701. The van der Waals surface area contributed by atoms with E-state index in [9.17, 15) is 9.59 Å². The summed E-state index contributed by atoms with van der Waals surface area (Å²) in [5, 5.41) is 0. The van der Waals surface area contributed by atoms with Gasteiger partial charge in [-0.1, -0.05) is 0 Å². The second kappa shape index (κ2) is 3.98. The molecular weight excluding hydrogens is 110 g/mol. The molecule has 0 aliphatic rings. The average Bonchev–Trinajstić information content (AvgIpc) is 1.83. The molecule has 0 saturated heterocycles. The Kier molecular flexibility index (Phi) is 3.39. The number of hydrogen-bond acceptors (Lipinski definition) is 3. The SMILES string of the molecule is C=NC(=O)[CH]O[C]=O. The van der Waals surface area contributed by atoms with Crippen molar-refractivity contribution in [3.63, 3.8) is 0 Å². The molecule has 0 rings (SSSR count). The van der Waals surface area contributed by atoms with E-state index in [4.69, 9.17) is 0 Å². The standard InChI is InChI=1S/C4H3NO3/c1-5-4(7)2-8-3-6/h2H,1H2. The lowest BCUT2D eigenvalue weighted by atomic mass is 10.7. The van der Waals surface area contributed by atoms with Gasteiger partial charge in [-0.2, -0.15) is 0 Å². The number of ether oxygens (including phenoxy) is 1. The lowest BCUT2D eigenvalue weighted by Crippen LogP contribution is -1.95. The Bertz CT molecular complexity index is 110. The fraction of sp³-hybridized carbons (Fsp3) is 0. The summed E-state index contributed by atoms with van der Waals surface area (Å²) in [7, 11) is 0. The molecule has 42 valence electrons. The van der Waals surface area contributed by atoms with Crippen molar-refractivity contribution in [1.29, 1.82) is 0 Å². The van der Waals surface area contributed by atoms with Crippen LogP contribution in [-0.2, 0) is 14.3 Å². The predicted octanol–water partition coefficient (Wildman–Crippen LogP) is -0.541. The van der Waals surface area contributed by atoms with Crippen molar-refractivity contribution in [1.82, 2.24) is 0 Å². The van der Waals surface area contributed by atoms with Gasteiger partial charge in [0, 0.05) is 0 Å². The highest BCUT2D eigenvalue weighted by Gasteiger charge is 1.95. The number of rotatable bonds is 3. The molecule has 1 amide bonds. The highest BCUT2D eigenvalue weighted by Crippen LogP contribution is 1.79. The molecule has 0 atom stereocenters. The highest BCUT2D eigenvalue weighted by atomic mass is 16.5. The minimum absolute atomic E-state index is 0.611. The second-order valence-corrected chi connectivity index (χ2v) is 0.815. The Morgan fingerprint density at radius 3 is 2.88 bits per heavy atom. The summed E-state index contributed by atoms with van der Waals surface area (Å²) in [4.78, 5) is 22.1.